The first-order valence-corrected chi connectivity index (χ1v) is 21.2. The molecule has 12 rings (SSSR count). The molecule has 0 unspecified atom stereocenters. The van der Waals surface area contributed by atoms with Crippen molar-refractivity contribution in [2.24, 2.45) is 0 Å². The minimum absolute atomic E-state index is 0.440. The first-order chi connectivity index (χ1) is 29.9. The van der Waals surface area contributed by atoms with Crippen LogP contribution in [0.2, 0.25) is 0 Å². The number of rotatable bonds is 4. The van der Waals surface area contributed by atoms with Gasteiger partial charge in [0.05, 0.1) is 50.9 Å². The zero-order valence-electron chi connectivity index (χ0n) is 34.8. The highest BCUT2D eigenvalue weighted by molar-refractivity contribution is 5.98. The fraction of sp³-hybridized carbons (Fsp3) is 0.0877. The normalized spacial score (nSPS) is 14.8. The van der Waals surface area contributed by atoms with Crippen molar-refractivity contribution in [2.75, 3.05) is 47.8 Å². The standard InChI is InChI=1S/C57H44N4/c1-58-49-17-9-11-19-51(49)60(3)55-35-39(27-31-53(55)58)23-21-37-25-29-43-44-30-26-38(22-24-40-28-32-54-56(36-40)61(4)52-20-12-10-18-50(52)59(54)2)34-48(44)57(47(43)33-37)45-15-7-5-13-41(45)42-14-6-8-16-46(42)57/h5-36H,1-4H3. The Kier molecular flexibility index (Phi) is 7.67. The summed E-state index contributed by atoms with van der Waals surface area (Å²) in [6.07, 6.45) is 9.10. The van der Waals surface area contributed by atoms with E-state index in [2.05, 4.69) is 242 Å². The van der Waals surface area contributed by atoms with Crippen molar-refractivity contribution in [3.63, 3.8) is 0 Å². The fourth-order valence-electron chi connectivity index (χ4n) is 10.7. The van der Waals surface area contributed by atoms with Crippen LogP contribution in [0, 0.1) is 0 Å². The number of anilines is 8. The molecule has 4 nitrogen and oxygen atoms in total. The van der Waals surface area contributed by atoms with Gasteiger partial charge in [-0.2, -0.15) is 0 Å². The number of para-hydroxylation sites is 4. The molecule has 0 N–H and O–H groups in total. The van der Waals surface area contributed by atoms with Crippen LogP contribution >= 0.6 is 0 Å². The van der Waals surface area contributed by atoms with Gasteiger partial charge in [-0.15, -0.1) is 0 Å². The molecule has 0 radical (unpaired) electrons. The van der Waals surface area contributed by atoms with Crippen LogP contribution in [0.1, 0.15) is 44.5 Å². The predicted octanol–water partition coefficient (Wildman–Crippen LogP) is 14.1. The van der Waals surface area contributed by atoms with Gasteiger partial charge in [0.1, 0.15) is 0 Å². The summed E-state index contributed by atoms with van der Waals surface area (Å²) in [5, 5.41) is 0. The largest absolute Gasteiger partial charge is 0.341 e. The van der Waals surface area contributed by atoms with E-state index in [0.29, 0.717) is 0 Å². The van der Waals surface area contributed by atoms with E-state index < -0.39 is 5.41 Å². The van der Waals surface area contributed by atoms with Gasteiger partial charge in [-0.3, -0.25) is 0 Å². The lowest BCUT2D eigenvalue weighted by Crippen LogP contribution is -2.26. The maximum absolute atomic E-state index is 2.45. The van der Waals surface area contributed by atoms with Crippen LogP contribution in [0.4, 0.5) is 45.5 Å². The lowest BCUT2D eigenvalue weighted by atomic mass is 9.70. The summed E-state index contributed by atoms with van der Waals surface area (Å²) in [4.78, 5) is 9.19. The smallest absolute Gasteiger partial charge is 0.0725 e. The summed E-state index contributed by atoms with van der Waals surface area (Å²) in [5.74, 6) is 0. The van der Waals surface area contributed by atoms with E-state index in [9.17, 15) is 0 Å². The molecule has 292 valence electrons. The second kappa shape index (κ2) is 13.2. The summed E-state index contributed by atoms with van der Waals surface area (Å²) in [7, 11) is 8.64. The van der Waals surface area contributed by atoms with Gasteiger partial charge in [0.25, 0.3) is 0 Å². The Balaban J connectivity index is 0.941. The summed E-state index contributed by atoms with van der Waals surface area (Å²) < 4.78 is 0. The summed E-state index contributed by atoms with van der Waals surface area (Å²) in [5.41, 5.74) is 24.6. The molecule has 4 heteroatoms. The van der Waals surface area contributed by atoms with E-state index in [1.54, 1.807) is 0 Å². The lowest BCUT2D eigenvalue weighted by Gasteiger charge is -2.36. The topological polar surface area (TPSA) is 13.0 Å². The number of benzene rings is 8. The Bertz CT molecular complexity index is 2970. The Hall–Kier alpha value is -7.56. The number of fused-ring (bicyclic) bond motifs is 14. The number of hydrogen-bond acceptors (Lipinski definition) is 4. The van der Waals surface area contributed by atoms with E-state index in [1.807, 2.05) is 0 Å². The molecule has 2 aliphatic heterocycles. The van der Waals surface area contributed by atoms with Gasteiger partial charge in [0.15, 0.2) is 0 Å². The Morgan fingerprint density at radius 1 is 0.279 bits per heavy atom. The molecule has 4 aliphatic rings. The second-order valence-corrected chi connectivity index (χ2v) is 16.8. The maximum Gasteiger partial charge on any atom is 0.0725 e. The van der Waals surface area contributed by atoms with Gasteiger partial charge >= 0.3 is 0 Å². The number of nitrogens with zero attached hydrogens (tertiary/aromatic N) is 4. The molecule has 8 aromatic rings. The van der Waals surface area contributed by atoms with Crippen LogP contribution in [0.25, 0.3) is 46.6 Å². The maximum atomic E-state index is 2.45. The second-order valence-electron chi connectivity index (χ2n) is 16.8. The van der Waals surface area contributed by atoms with Crippen LogP contribution in [0.3, 0.4) is 0 Å². The molecule has 8 aromatic carbocycles. The molecule has 2 heterocycles. The van der Waals surface area contributed by atoms with Crippen molar-refractivity contribution in [2.45, 2.75) is 5.41 Å². The summed E-state index contributed by atoms with van der Waals surface area (Å²) >= 11 is 0. The van der Waals surface area contributed by atoms with E-state index >= 15 is 0 Å². The van der Waals surface area contributed by atoms with Crippen molar-refractivity contribution < 1.29 is 0 Å². The van der Waals surface area contributed by atoms with E-state index in [-0.39, 0.29) is 0 Å². The van der Waals surface area contributed by atoms with Gasteiger partial charge in [-0.05, 0) is 127 Å². The molecule has 0 atom stereocenters. The molecule has 0 saturated heterocycles. The average molecular weight is 785 g/mol. The van der Waals surface area contributed by atoms with Gasteiger partial charge < -0.3 is 19.6 Å². The Morgan fingerprint density at radius 3 is 0.984 bits per heavy atom. The predicted molar refractivity (Wildman–Crippen MR) is 259 cm³/mol. The van der Waals surface area contributed by atoms with E-state index in [1.165, 1.54) is 112 Å². The average Bonchev–Trinajstić information content (AvgIpc) is 3.77. The van der Waals surface area contributed by atoms with Crippen LogP contribution in [0.15, 0.2) is 170 Å². The molecule has 0 fully saturated rings. The van der Waals surface area contributed by atoms with Crippen LogP contribution < -0.4 is 19.6 Å². The molecule has 61 heavy (non-hydrogen) atoms. The zero-order valence-corrected chi connectivity index (χ0v) is 34.8. The van der Waals surface area contributed by atoms with Gasteiger partial charge in [0, 0.05) is 28.2 Å². The first-order valence-electron chi connectivity index (χ1n) is 21.2. The molecule has 0 saturated carbocycles. The van der Waals surface area contributed by atoms with Crippen LogP contribution in [0.5, 0.6) is 0 Å². The first kappa shape index (κ1) is 35.4. The molecule has 0 bridgehead atoms. The van der Waals surface area contributed by atoms with E-state index in [0.717, 1.165) is 0 Å². The van der Waals surface area contributed by atoms with Crippen molar-refractivity contribution >= 4 is 69.8 Å². The zero-order chi connectivity index (χ0) is 41.0. The van der Waals surface area contributed by atoms with Gasteiger partial charge in [-0.25, -0.2) is 0 Å². The highest BCUT2D eigenvalue weighted by Gasteiger charge is 2.51. The van der Waals surface area contributed by atoms with E-state index in [4.69, 9.17) is 0 Å². The Morgan fingerprint density at radius 2 is 0.574 bits per heavy atom. The quantitative estimate of drug-likeness (QED) is 0.165. The minimum atomic E-state index is -0.440. The molecular formula is C57H44N4. The monoisotopic (exact) mass is 784 g/mol. The number of hydrogen-bond donors (Lipinski definition) is 0. The molecule has 1 spiro atoms. The molecule has 2 aliphatic carbocycles. The molecule has 0 aromatic heterocycles. The third-order valence-electron chi connectivity index (χ3n) is 13.7. The summed E-state index contributed by atoms with van der Waals surface area (Å²) in [6, 6.07) is 63.1. The van der Waals surface area contributed by atoms with Gasteiger partial charge in [0.2, 0.25) is 0 Å². The molecule has 0 amide bonds. The van der Waals surface area contributed by atoms with Crippen LogP contribution in [-0.2, 0) is 5.41 Å². The highest BCUT2D eigenvalue weighted by atomic mass is 15.2. The van der Waals surface area contributed by atoms with Gasteiger partial charge in [-0.1, -0.05) is 133 Å². The van der Waals surface area contributed by atoms with Crippen molar-refractivity contribution in [1.82, 2.24) is 0 Å². The van der Waals surface area contributed by atoms with Crippen LogP contribution in [-0.4, -0.2) is 28.2 Å². The summed E-state index contributed by atoms with van der Waals surface area (Å²) in [6.45, 7) is 0. The van der Waals surface area contributed by atoms with Crippen molar-refractivity contribution in [3.8, 4) is 22.3 Å². The molecular weight excluding hydrogens is 741 g/mol. The fourth-order valence-corrected chi connectivity index (χ4v) is 10.7. The third kappa shape index (κ3) is 5.06. The lowest BCUT2D eigenvalue weighted by molar-refractivity contribution is 0.793. The SMILES string of the molecule is CN1c2ccccc2N(C)c2cc(C=Cc3ccc4c(c3)C3(c5ccccc5-c5ccccc53)c3cc(C=Cc5ccc6c(c5)N(C)c5ccccc5N6C)ccc3-4)ccc21. The third-order valence-corrected chi connectivity index (χ3v) is 13.7. The minimum Gasteiger partial charge on any atom is -0.341 e. The van der Waals surface area contributed by atoms with Crippen molar-refractivity contribution in [1.29, 1.82) is 0 Å². The highest BCUT2D eigenvalue weighted by Crippen LogP contribution is 2.63. The van der Waals surface area contributed by atoms with Crippen molar-refractivity contribution in [3.05, 3.63) is 214 Å². The Labute approximate surface area is 358 Å².